The quantitative estimate of drug-likeness (QED) is 0.361. The smallest absolute Gasteiger partial charge is 0.160 e. The van der Waals surface area contributed by atoms with Crippen molar-refractivity contribution in [1.82, 2.24) is 0 Å². The van der Waals surface area contributed by atoms with Crippen molar-refractivity contribution in [3.63, 3.8) is 0 Å². The molecule has 3 nitrogen and oxygen atoms in total. The van der Waals surface area contributed by atoms with E-state index in [4.69, 9.17) is 9.47 Å². The second-order valence-electron chi connectivity index (χ2n) is 6.29. The Balaban J connectivity index is 2.36. The second-order valence-corrected chi connectivity index (χ2v) is 6.29. The highest BCUT2D eigenvalue weighted by Gasteiger charge is 2.28. The van der Waals surface area contributed by atoms with E-state index >= 15 is 0 Å². The first-order valence-electron chi connectivity index (χ1n) is 8.04. The lowest BCUT2D eigenvalue weighted by molar-refractivity contribution is -0.104. The van der Waals surface area contributed by atoms with Gasteiger partial charge in [0.15, 0.2) is 6.29 Å². The van der Waals surface area contributed by atoms with Crippen LogP contribution in [0.3, 0.4) is 0 Å². The van der Waals surface area contributed by atoms with Crippen LogP contribution in [0.1, 0.15) is 53.4 Å². The van der Waals surface area contributed by atoms with Crippen LogP contribution >= 0.6 is 0 Å². The van der Waals surface area contributed by atoms with Crippen LogP contribution in [0.25, 0.3) is 0 Å². The Morgan fingerprint density at radius 1 is 1.14 bits per heavy atom. The second kappa shape index (κ2) is 9.91. The molecule has 1 fully saturated rings. The average Bonchev–Trinajstić information content (AvgIpc) is 2.92. The molecule has 1 atom stereocenters. The van der Waals surface area contributed by atoms with Crippen LogP contribution in [0.15, 0.2) is 23.3 Å². The van der Waals surface area contributed by atoms with E-state index in [9.17, 15) is 4.79 Å². The predicted molar refractivity (Wildman–Crippen MR) is 86.1 cm³/mol. The van der Waals surface area contributed by atoms with Gasteiger partial charge in [0.05, 0.1) is 13.2 Å². The minimum absolute atomic E-state index is 0.0180. The average molecular weight is 294 g/mol. The van der Waals surface area contributed by atoms with Gasteiger partial charge in [-0.15, -0.1) is 0 Å². The van der Waals surface area contributed by atoms with Gasteiger partial charge in [0.2, 0.25) is 0 Å². The third kappa shape index (κ3) is 7.05. The highest BCUT2D eigenvalue weighted by Crippen LogP contribution is 2.28. The number of aldehydes is 1. The van der Waals surface area contributed by atoms with Crippen molar-refractivity contribution < 1.29 is 14.3 Å². The monoisotopic (exact) mass is 294 g/mol. The highest BCUT2D eigenvalue weighted by molar-refractivity contribution is 5.65. The van der Waals surface area contributed by atoms with Crippen molar-refractivity contribution in [1.29, 1.82) is 0 Å². The van der Waals surface area contributed by atoms with E-state index in [0.717, 1.165) is 50.8 Å². The molecule has 0 radical (unpaired) electrons. The lowest BCUT2D eigenvalue weighted by atomic mass is 9.89. The summed E-state index contributed by atoms with van der Waals surface area (Å²) < 4.78 is 11.3. The van der Waals surface area contributed by atoms with Gasteiger partial charge in [0, 0.05) is 5.92 Å². The Morgan fingerprint density at radius 3 is 2.38 bits per heavy atom. The first kappa shape index (κ1) is 18.1. The Bertz CT molecular complexity index is 363. The normalized spacial score (nSPS) is 19.3. The summed E-state index contributed by atoms with van der Waals surface area (Å²) in [6.07, 6.45) is 8.93. The minimum atomic E-state index is -0.0180. The Kier molecular flexibility index (Phi) is 8.55. The molecule has 0 N–H and O–H groups in total. The summed E-state index contributed by atoms with van der Waals surface area (Å²) in [7, 11) is 0. The van der Waals surface area contributed by atoms with Crippen LogP contribution in [0.5, 0.6) is 0 Å². The number of hydrogen-bond donors (Lipinski definition) is 0. The number of hydrogen-bond acceptors (Lipinski definition) is 3. The van der Waals surface area contributed by atoms with Gasteiger partial charge in [0.25, 0.3) is 0 Å². The molecule has 0 aromatic rings. The molecule has 1 saturated heterocycles. The maximum atomic E-state index is 10.4. The standard InChI is InChI=1S/C18H30O3/c1-14(2)17(18-20-12-13-21-18)9-8-15(3)6-5-7-16(4)10-11-19/h6,10-11,14,17-18H,5,7-9,12-13H2,1-4H3/b15-6+,16-10+. The van der Waals surface area contributed by atoms with Gasteiger partial charge in [-0.25, -0.2) is 0 Å². The summed E-state index contributed by atoms with van der Waals surface area (Å²) in [5.74, 6) is 1.03. The third-order valence-electron chi connectivity index (χ3n) is 4.11. The van der Waals surface area contributed by atoms with Crippen molar-refractivity contribution in [3.05, 3.63) is 23.3 Å². The van der Waals surface area contributed by atoms with Gasteiger partial charge in [0.1, 0.15) is 6.29 Å². The van der Waals surface area contributed by atoms with Crippen LogP contribution in [0, 0.1) is 11.8 Å². The Labute approximate surface area is 129 Å². The fourth-order valence-corrected chi connectivity index (χ4v) is 2.65. The summed E-state index contributed by atoms with van der Waals surface area (Å²) in [6, 6.07) is 0. The van der Waals surface area contributed by atoms with Crippen LogP contribution in [-0.4, -0.2) is 25.8 Å². The minimum Gasteiger partial charge on any atom is -0.350 e. The molecule has 0 aliphatic carbocycles. The van der Waals surface area contributed by atoms with Crippen molar-refractivity contribution >= 4 is 6.29 Å². The lowest BCUT2D eigenvalue weighted by Gasteiger charge is -2.25. The predicted octanol–water partition coefficient (Wildman–Crippen LogP) is 4.28. The SMILES string of the molecule is C/C(=C\C=O)CC/C=C(\C)CCC(C(C)C)C1OCCO1. The van der Waals surface area contributed by atoms with Gasteiger partial charge < -0.3 is 9.47 Å². The van der Waals surface area contributed by atoms with Gasteiger partial charge in [-0.05, 0) is 51.5 Å². The van der Waals surface area contributed by atoms with Gasteiger partial charge in [-0.2, -0.15) is 0 Å². The zero-order valence-electron chi connectivity index (χ0n) is 13.9. The Morgan fingerprint density at radius 2 is 1.81 bits per heavy atom. The number of rotatable bonds is 9. The van der Waals surface area contributed by atoms with Crippen molar-refractivity contribution in [2.75, 3.05) is 13.2 Å². The molecule has 0 aromatic heterocycles. The molecule has 0 saturated carbocycles. The summed E-state index contributed by atoms with van der Waals surface area (Å²) in [6.45, 7) is 10.1. The molecule has 0 aromatic carbocycles. The van der Waals surface area contributed by atoms with E-state index in [1.807, 2.05) is 6.92 Å². The van der Waals surface area contributed by atoms with E-state index in [1.165, 1.54) is 5.57 Å². The zero-order valence-corrected chi connectivity index (χ0v) is 13.9. The van der Waals surface area contributed by atoms with Crippen molar-refractivity contribution in [2.24, 2.45) is 11.8 Å². The first-order valence-corrected chi connectivity index (χ1v) is 8.04. The number of ether oxygens (including phenoxy) is 2. The lowest BCUT2D eigenvalue weighted by Crippen LogP contribution is -2.26. The van der Waals surface area contributed by atoms with Crippen molar-refractivity contribution in [3.8, 4) is 0 Å². The van der Waals surface area contributed by atoms with E-state index in [-0.39, 0.29) is 6.29 Å². The fourth-order valence-electron chi connectivity index (χ4n) is 2.65. The topological polar surface area (TPSA) is 35.5 Å². The first-order chi connectivity index (χ1) is 10.0. The van der Waals surface area contributed by atoms with Gasteiger partial charge in [-0.3, -0.25) is 4.79 Å². The molecule has 0 bridgehead atoms. The molecule has 1 aliphatic heterocycles. The molecule has 0 spiro atoms. The van der Waals surface area contributed by atoms with Crippen molar-refractivity contribution in [2.45, 2.75) is 59.7 Å². The molecular formula is C18H30O3. The van der Waals surface area contributed by atoms with Crippen LogP contribution in [-0.2, 0) is 14.3 Å². The van der Waals surface area contributed by atoms with Gasteiger partial charge >= 0.3 is 0 Å². The van der Waals surface area contributed by atoms with E-state index in [1.54, 1.807) is 6.08 Å². The number of carbonyl (C=O) groups is 1. The molecule has 1 unspecified atom stereocenters. The largest absolute Gasteiger partial charge is 0.350 e. The maximum Gasteiger partial charge on any atom is 0.160 e. The molecule has 120 valence electrons. The fraction of sp³-hybridized carbons (Fsp3) is 0.722. The molecule has 1 aliphatic rings. The zero-order chi connectivity index (χ0) is 15.7. The molecule has 0 amide bonds. The third-order valence-corrected chi connectivity index (χ3v) is 4.11. The molecule has 21 heavy (non-hydrogen) atoms. The Hall–Kier alpha value is -0.930. The van der Waals surface area contributed by atoms with Crippen LogP contribution in [0.2, 0.25) is 0 Å². The van der Waals surface area contributed by atoms with E-state index in [0.29, 0.717) is 11.8 Å². The molecule has 1 heterocycles. The van der Waals surface area contributed by atoms with Gasteiger partial charge in [-0.1, -0.05) is 31.1 Å². The van der Waals surface area contributed by atoms with Crippen LogP contribution < -0.4 is 0 Å². The highest BCUT2D eigenvalue weighted by atomic mass is 16.7. The molecule has 3 heteroatoms. The summed E-state index contributed by atoms with van der Waals surface area (Å²) in [4.78, 5) is 10.4. The summed E-state index contributed by atoms with van der Waals surface area (Å²) in [5, 5.41) is 0. The molecular weight excluding hydrogens is 264 g/mol. The number of carbonyl (C=O) groups excluding carboxylic acids is 1. The van der Waals surface area contributed by atoms with Crippen LogP contribution in [0.4, 0.5) is 0 Å². The maximum absolute atomic E-state index is 10.4. The van der Waals surface area contributed by atoms with E-state index < -0.39 is 0 Å². The van der Waals surface area contributed by atoms with E-state index in [2.05, 4.69) is 26.8 Å². The molecule has 1 rings (SSSR count). The summed E-state index contributed by atoms with van der Waals surface area (Å²) >= 11 is 0. The number of allylic oxidation sites excluding steroid dienone is 4. The summed E-state index contributed by atoms with van der Waals surface area (Å²) in [5.41, 5.74) is 2.56.